The molecule has 0 spiro atoms. The smallest absolute Gasteiger partial charge is 0.261 e. The van der Waals surface area contributed by atoms with Crippen LogP contribution in [0.1, 0.15) is 25.8 Å². The molecule has 0 saturated carbocycles. The molecule has 1 unspecified atom stereocenters. The maximum atomic E-state index is 13.5. The molecule has 0 aliphatic carbocycles. The fourth-order valence-electron chi connectivity index (χ4n) is 2.97. The van der Waals surface area contributed by atoms with Gasteiger partial charge in [0, 0.05) is 12.6 Å². The van der Waals surface area contributed by atoms with Crippen LogP contribution in [0.4, 0.5) is 4.39 Å². The summed E-state index contributed by atoms with van der Waals surface area (Å²) in [6.45, 7) is 4.34. The Morgan fingerprint density at radius 2 is 1.96 bits per heavy atom. The number of benzene rings is 2. The number of amides is 1. The van der Waals surface area contributed by atoms with E-state index in [1.54, 1.807) is 4.90 Å². The van der Waals surface area contributed by atoms with Crippen LogP contribution in [0.3, 0.4) is 0 Å². The average molecular weight is 367 g/mol. The summed E-state index contributed by atoms with van der Waals surface area (Å²) in [5.74, 6) is -0.677. The van der Waals surface area contributed by atoms with E-state index >= 15 is 0 Å². The highest BCUT2D eigenvalue weighted by molar-refractivity contribution is 5.79. The Bertz CT molecular complexity index is 1000. The van der Waals surface area contributed by atoms with Gasteiger partial charge in [0.25, 0.3) is 5.56 Å². The molecule has 1 aromatic heterocycles. The minimum Gasteiger partial charge on any atom is -0.334 e. The molecule has 0 aliphatic heterocycles. The highest BCUT2D eigenvalue weighted by Gasteiger charge is 2.20. The van der Waals surface area contributed by atoms with Crippen LogP contribution in [0.5, 0.6) is 0 Å². The molecule has 0 radical (unpaired) electrons. The van der Waals surface area contributed by atoms with E-state index in [4.69, 9.17) is 0 Å². The van der Waals surface area contributed by atoms with Crippen molar-refractivity contribution >= 4 is 16.8 Å². The lowest BCUT2D eigenvalue weighted by atomic mass is 10.1. The second-order valence-electron chi connectivity index (χ2n) is 6.60. The Balaban J connectivity index is 1.88. The van der Waals surface area contributed by atoms with E-state index in [0.29, 0.717) is 12.1 Å². The molecule has 0 bridgehead atoms. The number of carbonyl (C=O) groups is 1. The van der Waals surface area contributed by atoms with Gasteiger partial charge in [-0.05, 0) is 37.1 Å². The third-order valence-electron chi connectivity index (χ3n) is 4.73. The number of fused-ring (bicyclic) bond motifs is 1. The fraction of sp³-hybridized carbons (Fsp3) is 0.286. The third kappa shape index (κ3) is 4.22. The van der Waals surface area contributed by atoms with Crippen molar-refractivity contribution < 1.29 is 9.18 Å². The molecular weight excluding hydrogens is 345 g/mol. The molecule has 140 valence electrons. The van der Waals surface area contributed by atoms with Gasteiger partial charge >= 0.3 is 0 Å². The summed E-state index contributed by atoms with van der Waals surface area (Å²) in [6, 6.07) is 13.6. The van der Waals surface area contributed by atoms with Gasteiger partial charge in [0.15, 0.2) is 0 Å². The molecule has 6 heteroatoms. The van der Waals surface area contributed by atoms with E-state index < -0.39 is 11.4 Å². The molecule has 27 heavy (non-hydrogen) atoms. The molecule has 5 nitrogen and oxygen atoms in total. The minimum atomic E-state index is -0.504. The van der Waals surface area contributed by atoms with E-state index in [2.05, 4.69) is 4.98 Å². The summed E-state index contributed by atoms with van der Waals surface area (Å²) < 4.78 is 14.7. The first-order valence-corrected chi connectivity index (χ1v) is 8.97. The van der Waals surface area contributed by atoms with Gasteiger partial charge in [0.05, 0.1) is 17.2 Å². The molecule has 2 aromatic carbocycles. The van der Waals surface area contributed by atoms with Crippen LogP contribution in [0.2, 0.25) is 0 Å². The van der Waals surface area contributed by atoms with Gasteiger partial charge in [-0.25, -0.2) is 9.37 Å². The molecule has 1 amide bonds. The van der Waals surface area contributed by atoms with Gasteiger partial charge in [-0.1, -0.05) is 37.3 Å². The lowest BCUT2D eigenvalue weighted by Gasteiger charge is -2.29. The summed E-state index contributed by atoms with van der Waals surface area (Å²) >= 11 is 0. The average Bonchev–Trinajstić information content (AvgIpc) is 2.68. The molecule has 1 heterocycles. The van der Waals surface area contributed by atoms with Gasteiger partial charge in [0.2, 0.25) is 5.91 Å². The van der Waals surface area contributed by atoms with Crippen molar-refractivity contribution in [2.45, 2.75) is 39.4 Å². The lowest BCUT2D eigenvalue weighted by molar-refractivity contribution is -0.134. The Morgan fingerprint density at radius 1 is 1.22 bits per heavy atom. The molecule has 3 aromatic rings. The Hall–Kier alpha value is -3.02. The van der Waals surface area contributed by atoms with Gasteiger partial charge in [-0.15, -0.1) is 0 Å². The molecule has 0 aliphatic rings. The Kier molecular flexibility index (Phi) is 5.64. The molecule has 0 N–H and O–H groups in total. The van der Waals surface area contributed by atoms with Crippen LogP contribution in [-0.2, 0) is 17.9 Å². The number of carbonyl (C=O) groups excluding carboxylic acids is 1. The predicted octanol–water partition coefficient (Wildman–Crippen LogP) is 3.36. The van der Waals surface area contributed by atoms with Crippen molar-refractivity contribution in [3.8, 4) is 0 Å². The van der Waals surface area contributed by atoms with Gasteiger partial charge in [0.1, 0.15) is 12.4 Å². The molecule has 0 saturated heterocycles. The fourth-order valence-corrected chi connectivity index (χ4v) is 2.97. The van der Waals surface area contributed by atoms with E-state index in [-0.39, 0.29) is 23.9 Å². The van der Waals surface area contributed by atoms with Crippen LogP contribution < -0.4 is 5.56 Å². The normalized spacial score (nSPS) is 12.1. The van der Waals surface area contributed by atoms with E-state index in [1.165, 1.54) is 23.0 Å². The zero-order valence-electron chi connectivity index (χ0n) is 15.4. The summed E-state index contributed by atoms with van der Waals surface area (Å²) in [4.78, 5) is 31.5. The van der Waals surface area contributed by atoms with Crippen molar-refractivity contribution in [2.75, 3.05) is 0 Å². The van der Waals surface area contributed by atoms with Crippen LogP contribution in [-0.4, -0.2) is 26.4 Å². The first-order chi connectivity index (χ1) is 13.0. The SMILES string of the molecule is CCC(C)N(Cc1ccccc1)C(=O)Cn1cnc2ccc(F)cc2c1=O. The van der Waals surface area contributed by atoms with Gasteiger partial charge in [-0.2, -0.15) is 0 Å². The first-order valence-electron chi connectivity index (χ1n) is 8.97. The largest absolute Gasteiger partial charge is 0.334 e. The lowest BCUT2D eigenvalue weighted by Crippen LogP contribution is -2.41. The molecule has 0 fully saturated rings. The third-order valence-corrected chi connectivity index (χ3v) is 4.73. The van der Waals surface area contributed by atoms with E-state index in [0.717, 1.165) is 18.1 Å². The summed E-state index contributed by atoms with van der Waals surface area (Å²) in [6.07, 6.45) is 2.15. The van der Waals surface area contributed by atoms with Crippen LogP contribution in [0.15, 0.2) is 59.7 Å². The highest BCUT2D eigenvalue weighted by Crippen LogP contribution is 2.13. The van der Waals surface area contributed by atoms with Crippen molar-refractivity contribution in [3.05, 3.63) is 76.6 Å². The number of hydrogen-bond donors (Lipinski definition) is 0. The number of nitrogens with zero attached hydrogens (tertiary/aromatic N) is 3. The van der Waals surface area contributed by atoms with E-state index in [1.807, 2.05) is 44.2 Å². The summed E-state index contributed by atoms with van der Waals surface area (Å²) in [7, 11) is 0. The Labute approximate surface area is 157 Å². The Morgan fingerprint density at radius 3 is 2.67 bits per heavy atom. The molecule has 1 atom stereocenters. The van der Waals surface area contributed by atoms with Gasteiger partial charge in [-0.3, -0.25) is 14.2 Å². The number of aromatic nitrogens is 2. The quantitative estimate of drug-likeness (QED) is 0.671. The number of rotatable bonds is 6. The molecule has 3 rings (SSSR count). The topological polar surface area (TPSA) is 55.2 Å². The molecular formula is C21H22FN3O2. The van der Waals surface area contributed by atoms with Crippen LogP contribution in [0, 0.1) is 5.82 Å². The zero-order valence-corrected chi connectivity index (χ0v) is 15.4. The maximum absolute atomic E-state index is 13.5. The number of hydrogen-bond acceptors (Lipinski definition) is 3. The van der Waals surface area contributed by atoms with Gasteiger partial charge < -0.3 is 4.90 Å². The summed E-state index contributed by atoms with van der Waals surface area (Å²) in [5, 5.41) is 0.170. The summed E-state index contributed by atoms with van der Waals surface area (Å²) in [5.41, 5.74) is 1.02. The minimum absolute atomic E-state index is 0.0271. The van der Waals surface area contributed by atoms with Crippen LogP contribution in [0.25, 0.3) is 10.9 Å². The van der Waals surface area contributed by atoms with Crippen molar-refractivity contribution in [1.29, 1.82) is 0 Å². The van der Waals surface area contributed by atoms with Crippen molar-refractivity contribution in [3.63, 3.8) is 0 Å². The number of halogens is 1. The second kappa shape index (κ2) is 8.12. The highest BCUT2D eigenvalue weighted by atomic mass is 19.1. The predicted molar refractivity (Wildman–Crippen MR) is 103 cm³/mol. The second-order valence-corrected chi connectivity index (χ2v) is 6.60. The van der Waals surface area contributed by atoms with E-state index in [9.17, 15) is 14.0 Å². The first kappa shape index (κ1) is 18.8. The monoisotopic (exact) mass is 367 g/mol. The maximum Gasteiger partial charge on any atom is 0.261 e. The zero-order chi connectivity index (χ0) is 19.4. The van der Waals surface area contributed by atoms with Crippen molar-refractivity contribution in [2.24, 2.45) is 0 Å². The van der Waals surface area contributed by atoms with Crippen molar-refractivity contribution in [1.82, 2.24) is 14.5 Å². The standard InChI is InChI=1S/C21H22FN3O2/c1-3-15(2)25(12-16-7-5-4-6-8-16)20(26)13-24-14-23-19-10-9-17(22)11-18(19)21(24)27/h4-11,14-15H,3,12-13H2,1-2H3. The van der Waals surface area contributed by atoms with Crippen LogP contribution >= 0.6 is 0 Å².